The average Bonchev–Trinajstić information content (AvgIpc) is 2.81. The second kappa shape index (κ2) is 6.02. The third kappa shape index (κ3) is 3.11. The van der Waals surface area contributed by atoms with Gasteiger partial charge >= 0.3 is 5.69 Å². The van der Waals surface area contributed by atoms with Crippen molar-refractivity contribution < 1.29 is 4.92 Å². The zero-order chi connectivity index (χ0) is 13.0. The monoisotopic (exact) mass is 269 g/mol. The Balaban J connectivity index is 1.96. The average molecular weight is 270 g/mol. The van der Waals surface area contributed by atoms with Crippen LogP contribution in [0.15, 0.2) is 18.2 Å². The summed E-state index contributed by atoms with van der Waals surface area (Å²) in [5.74, 6) is 0. The molecule has 2 N–H and O–H groups in total. The molecule has 0 saturated carbocycles. The molecule has 0 bridgehead atoms. The third-order valence-corrected chi connectivity index (χ3v) is 3.44. The summed E-state index contributed by atoms with van der Waals surface area (Å²) in [6.45, 7) is 1.78. The molecule has 0 amide bonds. The SMILES string of the molecule is O=[N+]([O-])c1c(Cl)cccc1NCC[C@@H]1CCCN1. The van der Waals surface area contributed by atoms with Gasteiger partial charge in [-0.15, -0.1) is 0 Å². The first-order valence-electron chi connectivity index (χ1n) is 6.08. The molecule has 1 fully saturated rings. The number of nitrogens with zero attached hydrogens (tertiary/aromatic N) is 1. The molecule has 0 aromatic heterocycles. The molecule has 0 spiro atoms. The third-order valence-electron chi connectivity index (χ3n) is 3.14. The Morgan fingerprint density at radius 2 is 2.39 bits per heavy atom. The molecule has 1 heterocycles. The van der Waals surface area contributed by atoms with Crippen molar-refractivity contribution in [2.75, 3.05) is 18.4 Å². The molecule has 1 atom stereocenters. The fraction of sp³-hybridized carbons (Fsp3) is 0.500. The van der Waals surface area contributed by atoms with E-state index in [4.69, 9.17) is 11.6 Å². The highest BCUT2D eigenvalue weighted by atomic mass is 35.5. The highest BCUT2D eigenvalue weighted by molar-refractivity contribution is 6.33. The molecule has 1 aliphatic rings. The minimum absolute atomic E-state index is 0.0430. The van der Waals surface area contributed by atoms with Crippen LogP contribution in [0.1, 0.15) is 19.3 Å². The smallest absolute Gasteiger partial charge is 0.310 e. The predicted molar refractivity (Wildman–Crippen MR) is 72.2 cm³/mol. The first-order chi connectivity index (χ1) is 8.68. The normalized spacial score (nSPS) is 18.8. The van der Waals surface area contributed by atoms with E-state index in [0.29, 0.717) is 18.3 Å². The summed E-state index contributed by atoms with van der Waals surface area (Å²) < 4.78 is 0. The molecule has 2 rings (SSSR count). The van der Waals surface area contributed by atoms with Crippen LogP contribution in [-0.2, 0) is 0 Å². The molecule has 0 aliphatic carbocycles. The van der Waals surface area contributed by atoms with Gasteiger partial charge in [0.2, 0.25) is 0 Å². The van der Waals surface area contributed by atoms with Crippen LogP contribution in [0.4, 0.5) is 11.4 Å². The summed E-state index contributed by atoms with van der Waals surface area (Å²) in [6.07, 6.45) is 3.35. The van der Waals surface area contributed by atoms with E-state index < -0.39 is 4.92 Å². The number of halogens is 1. The summed E-state index contributed by atoms with van der Waals surface area (Å²) in [4.78, 5) is 10.5. The minimum atomic E-state index is -0.446. The van der Waals surface area contributed by atoms with Crippen LogP contribution < -0.4 is 10.6 Å². The molecule has 5 nitrogen and oxygen atoms in total. The molecular formula is C12H16ClN3O2. The van der Waals surface area contributed by atoms with Crippen LogP contribution in [-0.4, -0.2) is 24.1 Å². The molecule has 0 unspecified atom stereocenters. The van der Waals surface area contributed by atoms with Gasteiger partial charge in [0.25, 0.3) is 0 Å². The van der Waals surface area contributed by atoms with Crippen LogP contribution in [0, 0.1) is 10.1 Å². The van der Waals surface area contributed by atoms with Crippen molar-refractivity contribution in [3.8, 4) is 0 Å². The summed E-state index contributed by atoms with van der Waals surface area (Å²) in [5, 5.41) is 17.6. The van der Waals surface area contributed by atoms with Gasteiger partial charge in [0.15, 0.2) is 0 Å². The number of hydrogen-bond acceptors (Lipinski definition) is 4. The predicted octanol–water partition coefficient (Wildman–Crippen LogP) is 2.80. The highest BCUT2D eigenvalue weighted by Crippen LogP contribution is 2.32. The lowest BCUT2D eigenvalue weighted by Gasteiger charge is -2.12. The van der Waals surface area contributed by atoms with Crippen LogP contribution in [0.25, 0.3) is 0 Å². The van der Waals surface area contributed by atoms with Crippen molar-refractivity contribution in [3.63, 3.8) is 0 Å². The second-order valence-corrected chi connectivity index (χ2v) is 4.81. The summed E-state index contributed by atoms with van der Waals surface area (Å²) in [5.41, 5.74) is 0.448. The number of nitrogens with one attached hydrogen (secondary N) is 2. The van der Waals surface area contributed by atoms with Gasteiger partial charge in [-0.2, -0.15) is 0 Å². The maximum Gasteiger partial charge on any atom is 0.310 e. The van der Waals surface area contributed by atoms with E-state index in [0.717, 1.165) is 13.0 Å². The van der Waals surface area contributed by atoms with Crippen LogP contribution in [0.3, 0.4) is 0 Å². The van der Waals surface area contributed by atoms with Crippen molar-refractivity contribution >= 4 is 23.0 Å². The fourth-order valence-corrected chi connectivity index (χ4v) is 2.47. The molecular weight excluding hydrogens is 254 g/mol. The topological polar surface area (TPSA) is 67.2 Å². The Morgan fingerprint density at radius 1 is 1.56 bits per heavy atom. The first kappa shape index (κ1) is 13.1. The maximum absolute atomic E-state index is 10.9. The number of benzene rings is 1. The van der Waals surface area contributed by atoms with Crippen LogP contribution >= 0.6 is 11.6 Å². The molecule has 1 aromatic rings. The highest BCUT2D eigenvalue weighted by Gasteiger charge is 2.18. The standard InChI is InChI=1S/C12H16ClN3O2/c13-10-4-1-5-11(12(10)16(17)18)15-8-6-9-3-2-7-14-9/h1,4-5,9,14-15H,2-3,6-8H2/t9-/m0/s1. The largest absolute Gasteiger partial charge is 0.379 e. The van der Waals surface area contributed by atoms with Gasteiger partial charge in [-0.3, -0.25) is 10.1 Å². The molecule has 6 heteroatoms. The fourth-order valence-electron chi connectivity index (χ4n) is 2.23. The number of nitro groups is 1. The Labute approximate surface area is 111 Å². The summed E-state index contributed by atoms with van der Waals surface area (Å²) >= 11 is 5.84. The Bertz CT molecular complexity index is 433. The van der Waals surface area contributed by atoms with Crippen molar-refractivity contribution in [1.82, 2.24) is 5.32 Å². The van der Waals surface area contributed by atoms with Crippen molar-refractivity contribution in [1.29, 1.82) is 0 Å². The van der Waals surface area contributed by atoms with E-state index in [1.165, 1.54) is 18.9 Å². The first-order valence-corrected chi connectivity index (χ1v) is 6.46. The molecule has 98 valence electrons. The lowest BCUT2D eigenvalue weighted by Crippen LogP contribution is -2.24. The maximum atomic E-state index is 10.9. The molecule has 0 radical (unpaired) electrons. The number of nitro benzene ring substituents is 1. The van der Waals surface area contributed by atoms with Crippen LogP contribution in [0.5, 0.6) is 0 Å². The van der Waals surface area contributed by atoms with E-state index in [1.54, 1.807) is 12.1 Å². The number of anilines is 1. The lowest BCUT2D eigenvalue weighted by atomic mass is 10.1. The second-order valence-electron chi connectivity index (χ2n) is 4.40. The molecule has 1 aromatic carbocycles. The number of para-hydroxylation sites is 1. The van der Waals surface area contributed by atoms with Crippen molar-refractivity contribution in [2.45, 2.75) is 25.3 Å². The molecule has 1 saturated heterocycles. The van der Waals surface area contributed by atoms with Crippen molar-refractivity contribution in [3.05, 3.63) is 33.3 Å². The van der Waals surface area contributed by atoms with Gasteiger partial charge in [-0.05, 0) is 37.9 Å². The Hall–Kier alpha value is -1.33. The zero-order valence-electron chi connectivity index (χ0n) is 9.99. The summed E-state index contributed by atoms with van der Waals surface area (Å²) in [6, 6.07) is 5.46. The van der Waals surface area contributed by atoms with E-state index >= 15 is 0 Å². The van der Waals surface area contributed by atoms with Crippen molar-refractivity contribution in [2.24, 2.45) is 0 Å². The minimum Gasteiger partial charge on any atom is -0.379 e. The summed E-state index contributed by atoms with van der Waals surface area (Å²) in [7, 11) is 0. The lowest BCUT2D eigenvalue weighted by molar-refractivity contribution is -0.383. The van der Waals surface area contributed by atoms with Gasteiger partial charge in [0.1, 0.15) is 10.7 Å². The van der Waals surface area contributed by atoms with E-state index in [2.05, 4.69) is 10.6 Å². The van der Waals surface area contributed by atoms with E-state index in [1.807, 2.05) is 0 Å². The Kier molecular flexibility index (Phi) is 4.38. The molecule has 1 aliphatic heterocycles. The van der Waals surface area contributed by atoms with Gasteiger partial charge < -0.3 is 10.6 Å². The van der Waals surface area contributed by atoms with E-state index in [-0.39, 0.29) is 10.7 Å². The van der Waals surface area contributed by atoms with Gasteiger partial charge in [-0.1, -0.05) is 17.7 Å². The van der Waals surface area contributed by atoms with E-state index in [9.17, 15) is 10.1 Å². The quantitative estimate of drug-likeness (QED) is 0.637. The van der Waals surface area contributed by atoms with Crippen LogP contribution in [0.2, 0.25) is 5.02 Å². The van der Waals surface area contributed by atoms with Gasteiger partial charge in [0.05, 0.1) is 4.92 Å². The van der Waals surface area contributed by atoms with Gasteiger partial charge in [0, 0.05) is 12.6 Å². The zero-order valence-corrected chi connectivity index (χ0v) is 10.7. The Morgan fingerprint density at radius 3 is 3.06 bits per heavy atom. The number of hydrogen-bond donors (Lipinski definition) is 2. The molecule has 18 heavy (non-hydrogen) atoms. The van der Waals surface area contributed by atoms with Gasteiger partial charge in [-0.25, -0.2) is 0 Å². The number of rotatable bonds is 5.